The van der Waals surface area contributed by atoms with Crippen molar-refractivity contribution in [3.8, 4) is 0 Å². The van der Waals surface area contributed by atoms with Crippen molar-refractivity contribution in [3.05, 3.63) is 52.8 Å². The minimum Gasteiger partial charge on any atom is -0.384 e. The van der Waals surface area contributed by atoms with E-state index in [0.717, 1.165) is 17.1 Å². The van der Waals surface area contributed by atoms with E-state index in [1.54, 1.807) is 17.8 Å². The van der Waals surface area contributed by atoms with E-state index >= 15 is 0 Å². The number of aryl methyl sites for hydroxylation is 1. The fraction of sp³-hybridized carbons (Fsp3) is 0.438. The van der Waals surface area contributed by atoms with Crippen LogP contribution in [0.25, 0.3) is 0 Å². The number of halogens is 1. The van der Waals surface area contributed by atoms with Gasteiger partial charge in [0.15, 0.2) is 0 Å². The van der Waals surface area contributed by atoms with Crippen LogP contribution in [0.4, 0.5) is 0 Å². The molecule has 0 aliphatic carbocycles. The molecule has 0 aliphatic rings. The molecule has 1 aromatic carbocycles. The normalized spacial score (nSPS) is 15.7. The third-order valence-corrected chi connectivity index (χ3v) is 3.90. The molecule has 114 valence electrons. The zero-order valence-electron chi connectivity index (χ0n) is 12.7. The molecular weight excluding hydrogens is 286 g/mol. The highest BCUT2D eigenvalue weighted by Crippen LogP contribution is 2.21. The average molecular weight is 308 g/mol. The smallest absolute Gasteiger partial charge is 0.102 e. The SMILES string of the molecule is CC(CNCC(C)(O)c1cnn(C)c1)c1cccc(Cl)c1. The summed E-state index contributed by atoms with van der Waals surface area (Å²) in [7, 11) is 1.84. The maximum Gasteiger partial charge on any atom is 0.102 e. The number of hydrogen-bond donors (Lipinski definition) is 2. The zero-order valence-corrected chi connectivity index (χ0v) is 13.4. The van der Waals surface area contributed by atoms with Crippen LogP contribution in [0.3, 0.4) is 0 Å². The van der Waals surface area contributed by atoms with Gasteiger partial charge in [-0.3, -0.25) is 4.68 Å². The van der Waals surface area contributed by atoms with Gasteiger partial charge in [0.2, 0.25) is 0 Å². The summed E-state index contributed by atoms with van der Waals surface area (Å²) in [5.41, 5.74) is 1.08. The molecule has 0 saturated heterocycles. The summed E-state index contributed by atoms with van der Waals surface area (Å²) >= 11 is 6.01. The number of nitrogens with zero attached hydrogens (tertiary/aromatic N) is 2. The van der Waals surface area contributed by atoms with Gasteiger partial charge in [-0.05, 0) is 30.5 Å². The van der Waals surface area contributed by atoms with Gasteiger partial charge in [0.1, 0.15) is 5.60 Å². The summed E-state index contributed by atoms with van der Waals surface area (Å²) in [5, 5.41) is 18.7. The van der Waals surface area contributed by atoms with Crippen LogP contribution in [0.15, 0.2) is 36.7 Å². The quantitative estimate of drug-likeness (QED) is 0.862. The van der Waals surface area contributed by atoms with Crippen molar-refractivity contribution < 1.29 is 5.11 Å². The summed E-state index contributed by atoms with van der Waals surface area (Å²) < 4.78 is 1.69. The Hall–Kier alpha value is -1.36. The van der Waals surface area contributed by atoms with Gasteiger partial charge in [-0.2, -0.15) is 5.10 Å². The Labute approximate surface area is 130 Å². The summed E-state index contributed by atoms with van der Waals surface area (Å²) in [6.07, 6.45) is 3.53. The lowest BCUT2D eigenvalue weighted by Gasteiger charge is -2.23. The van der Waals surface area contributed by atoms with Crippen molar-refractivity contribution in [1.29, 1.82) is 0 Å². The molecular formula is C16H22ClN3O. The summed E-state index contributed by atoms with van der Waals surface area (Å²) in [5.74, 6) is 0.327. The molecule has 0 aliphatic heterocycles. The fourth-order valence-corrected chi connectivity index (χ4v) is 2.46. The molecule has 0 amide bonds. The Kier molecular flexibility index (Phi) is 5.04. The van der Waals surface area contributed by atoms with Gasteiger partial charge in [0.05, 0.1) is 6.20 Å². The highest BCUT2D eigenvalue weighted by Gasteiger charge is 2.24. The van der Waals surface area contributed by atoms with Crippen molar-refractivity contribution in [2.45, 2.75) is 25.4 Å². The minimum absolute atomic E-state index is 0.327. The largest absolute Gasteiger partial charge is 0.384 e. The van der Waals surface area contributed by atoms with Gasteiger partial charge in [0.25, 0.3) is 0 Å². The number of hydrogen-bond acceptors (Lipinski definition) is 3. The predicted octanol–water partition coefficient (Wildman–Crippen LogP) is 2.67. The number of aliphatic hydroxyl groups is 1. The second-order valence-electron chi connectivity index (χ2n) is 5.76. The second-order valence-corrected chi connectivity index (χ2v) is 6.20. The maximum atomic E-state index is 10.5. The van der Waals surface area contributed by atoms with E-state index in [1.165, 1.54) is 5.56 Å². The van der Waals surface area contributed by atoms with Crippen LogP contribution in [-0.4, -0.2) is 28.0 Å². The first-order valence-electron chi connectivity index (χ1n) is 7.06. The molecule has 0 bridgehead atoms. The monoisotopic (exact) mass is 307 g/mol. The van der Waals surface area contributed by atoms with E-state index in [2.05, 4.69) is 23.4 Å². The molecule has 0 spiro atoms. The summed E-state index contributed by atoms with van der Waals surface area (Å²) in [6.45, 7) is 5.18. The summed E-state index contributed by atoms with van der Waals surface area (Å²) in [4.78, 5) is 0. The average Bonchev–Trinajstić information content (AvgIpc) is 2.86. The van der Waals surface area contributed by atoms with Gasteiger partial charge in [0, 0.05) is 36.9 Å². The van der Waals surface area contributed by atoms with E-state index < -0.39 is 5.60 Å². The Balaban J connectivity index is 1.89. The zero-order chi connectivity index (χ0) is 15.5. The predicted molar refractivity (Wildman–Crippen MR) is 85.5 cm³/mol. The van der Waals surface area contributed by atoms with Crippen LogP contribution in [-0.2, 0) is 12.6 Å². The summed E-state index contributed by atoms with van der Waals surface area (Å²) in [6, 6.07) is 7.88. The lowest BCUT2D eigenvalue weighted by molar-refractivity contribution is 0.0568. The van der Waals surface area contributed by atoms with E-state index in [4.69, 9.17) is 11.6 Å². The van der Waals surface area contributed by atoms with E-state index in [9.17, 15) is 5.11 Å². The number of aromatic nitrogens is 2. The van der Waals surface area contributed by atoms with Gasteiger partial charge in [-0.25, -0.2) is 0 Å². The van der Waals surface area contributed by atoms with Crippen molar-refractivity contribution in [3.63, 3.8) is 0 Å². The molecule has 1 aromatic heterocycles. The standard InChI is InChI=1S/C16H22ClN3O/c1-12(13-5-4-6-15(17)7-13)8-18-11-16(2,21)14-9-19-20(3)10-14/h4-7,9-10,12,18,21H,8,11H2,1-3H3. The molecule has 2 aromatic rings. The third kappa shape index (κ3) is 4.30. The Bertz CT molecular complexity index is 595. The van der Waals surface area contributed by atoms with Gasteiger partial charge in [-0.1, -0.05) is 30.7 Å². The molecule has 5 heteroatoms. The van der Waals surface area contributed by atoms with Gasteiger partial charge >= 0.3 is 0 Å². The molecule has 0 fully saturated rings. The first kappa shape index (κ1) is 16.0. The maximum absolute atomic E-state index is 10.5. The Morgan fingerprint density at radius 1 is 1.48 bits per heavy atom. The Morgan fingerprint density at radius 3 is 2.86 bits per heavy atom. The Morgan fingerprint density at radius 2 is 2.24 bits per heavy atom. The van der Waals surface area contributed by atoms with Crippen molar-refractivity contribution in [2.24, 2.45) is 7.05 Å². The van der Waals surface area contributed by atoms with Crippen molar-refractivity contribution in [2.75, 3.05) is 13.1 Å². The fourth-order valence-electron chi connectivity index (χ4n) is 2.26. The second kappa shape index (κ2) is 6.60. The lowest BCUT2D eigenvalue weighted by atomic mass is 9.98. The number of nitrogens with one attached hydrogen (secondary N) is 1. The number of benzene rings is 1. The lowest BCUT2D eigenvalue weighted by Crippen LogP contribution is -2.36. The topological polar surface area (TPSA) is 50.1 Å². The number of rotatable bonds is 6. The van der Waals surface area contributed by atoms with Crippen molar-refractivity contribution in [1.82, 2.24) is 15.1 Å². The van der Waals surface area contributed by atoms with Crippen LogP contribution in [0.1, 0.15) is 30.9 Å². The molecule has 0 radical (unpaired) electrons. The first-order valence-corrected chi connectivity index (χ1v) is 7.44. The minimum atomic E-state index is -0.928. The van der Waals surface area contributed by atoms with Crippen LogP contribution >= 0.6 is 11.6 Å². The molecule has 2 N–H and O–H groups in total. The highest BCUT2D eigenvalue weighted by molar-refractivity contribution is 6.30. The molecule has 21 heavy (non-hydrogen) atoms. The molecule has 1 heterocycles. The molecule has 2 unspecified atom stereocenters. The molecule has 2 rings (SSSR count). The van der Waals surface area contributed by atoms with Crippen molar-refractivity contribution >= 4 is 11.6 Å². The van der Waals surface area contributed by atoms with Crippen LogP contribution in [0.5, 0.6) is 0 Å². The van der Waals surface area contributed by atoms with Crippen LogP contribution in [0, 0.1) is 0 Å². The molecule has 0 saturated carbocycles. The van der Waals surface area contributed by atoms with E-state index in [0.29, 0.717) is 12.5 Å². The molecule has 2 atom stereocenters. The van der Waals surface area contributed by atoms with Gasteiger partial charge in [-0.15, -0.1) is 0 Å². The third-order valence-electron chi connectivity index (χ3n) is 3.66. The van der Waals surface area contributed by atoms with E-state index in [-0.39, 0.29) is 0 Å². The van der Waals surface area contributed by atoms with Crippen LogP contribution in [0.2, 0.25) is 5.02 Å². The highest BCUT2D eigenvalue weighted by atomic mass is 35.5. The van der Waals surface area contributed by atoms with Crippen LogP contribution < -0.4 is 5.32 Å². The van der Waals surface area contributed by atoms with E-state index in [1.807, 2.05) is 31.4 Å². The first-order chi connectivity index (χ1) is 9.88. The van der Waals surface area contributed by atoms with Gasteiger partial charge < -0.3 is 10.4 Å². The molecule has 4 nitrogen and oxygen atoms in total.